The van der Waals surface area contributed by atoms with Crippen molar-refractivity contribution >= 4 is 29.1 Å². The number of nitrogens with two attached hydrogens (primary N) is 1. The molecule has 20 heavy (non-hydrogen) atoms. The molecule has 1 aromatic heterocycles. The zero-order valence-corrected chi connectivity index (χ0v) is 10.9. The average Bonchev–Trinajstić information content (AvgIpc) is 2.86. The third-order valence-corrected chi connectivity index (χ3v) is 2.91. The molecule has 1 aliphatic rings. The van der Waals surface area contributed by atoms with Crippen LogP contribution in [0.25, 0.3) is 0 Å². The third-order valence-electron chi connectivity index (χ3n) is 2.60. The number of nitrogens with zero attached hydrogens (tertiary/aromatic N) is 2. The van der Waals surface area contributed by atoms with E-state index >= 15 is 0 Å². The van der Waals surface area contributed by atoms with Gasteiger partial charge in [-0.2, -0.15) is 4.98 Å². The SMILES string of the molecule is Nc1n[nH]c(C(=O)Nc2cc3c(cc2Cl)OCCO3)n1. The second kappa shape index (κ2) is 4.89. The van der Waals surface area contributed by atoms with E-state index in [-0.39, 0.29) is 11.8 Å². The number of anilines is 2. The van der Waals surface area contributed by atoms with E-state index in [0.29, 0.717) is 35.4 Å². The van der Waals surface area contributed by atoms with Gasteiger partial charge in [-0.3, -0.25) is 9.89 Å². The summed E-state index contributed by atoms with van der Waals surface area (Å²) in [5.41, 5.74) is 5.72. The van der Waals surface area contributed by atoms with E-state index in [1.165, 1.54) is 0 Å². The Hall–Kier alpha value is -2.48. The highest BCUT2D eigenvalue weighted by molar-refractivity contribution is 6.34. The van der Waals surface area contributed by atoms with Crippen LogP contribution in [-0.4, -0.2) is 34.3 Å². The zero-order valence-electron chi connectivity index (χ0n) is 10.1. The summed E-state index contributed by atoms with van der Waals surface area (Å²) in [6.07, 6.45) is 0. The normalized spacial score (nSPS) is 13.1. The number of amides is 1. The minimum absolute atomic E-state index is 0.00606. The van der Waals surface area contributed by atoms with Gasteiger partial charge in [0.1, 0.15) is 13.2 Å². The number of rotatable bonds is 2. The van der Waals surface area contributed by atoms with Crippen LogP contribution in [-0.2, 0) is 0 Å². The van der Waals surface area contributed by atoms with Gasteiger partial charge in [-0.15, -0.1) is 5.10 Å². The molecule has 0 saturated carbocycles. The van der Waals surface area contributed by atoms with Crippen molar-refractivity contribution in [2.24, 2.45) is 0 Å². The number of fused-ring (bicyclic) bond motifs is 1. The molecule has 0 atom stereocenters. The molecule has 0 bridgehead atoms. The van der Waals surface area contributed by atoms with E-state index < -0.39 is 5.91 Å². The molecule has 104 valence electrons. The Morgan fingerprint density at radius 3 is 2.70 bits per heavy atom. The predicted molar refractivity (Wildman–Crippen MR) is 71.2 cm³/mol. The van der Waals surface area contributed by atoms with Gasteiger partial charge in [-0.1, -0.05) is 11.6 Å². The first-order valence-electron chi connectivity index (χ1n) is 5.72. The molecule has 2 aromatic rings. The van der Waals surface area contributed by atoms with Gasteiger partial charge in [-0.25, -0.2) is 0 Å². The summed E-state index contributed by atoms with van der Waals surface area (Å²) in [6, 6.07) is 3.18. The number of carbonyl (C=O) groups is 1. The van der Waals surface area contributed by atoms with Crippen LogP contribution in [0.2, 0.25) is 5.02 Å². The molecule has 1 aromatic carbocycles. The third kappa shape index (κ3) is 2.32. The van der Waals surface area contributed by atoms with Gasteiger partial charge in [0.15, 0.2) is 11.5 Å². The molecule has 1 amide bonds. The minimum atomic E-state index is -0.507. The smallest absolute Gasteiger partial charge is 0.293 e. The molecule has 0 radical (unpaired) electrons. The molecule has 0 unspecified atom stereocenters. The number of nitrogens with one attached hydrogen (secondary N) is 2. The van der Waals surface area contributed by atoms with Crippen LogP contribution < -0.4 is 20.5 Å². The first-order valence-corrected chi connectivity index (χ1v) is 6.09. The average molecular weight is 296 g/mol. The number of nitrogen functional groups attached to an aromatic ring is 1. The van der Waals surface area contributed by atoms with Gasteiger partial charge in [0.05, 0.1) is 10.7 Å². The highest BCUT2D eigenvalue weighted by atomic mass is 35.5. The van der Waals surface area contributed by atoms with Crippen molar-refractivity contribution < 1.29 is 14.3 Å². The Balaban J connectivity index is 1.85. The molecule has 9 heteroatoms. The standard InChI is InChI=1S/C11H10ClN5O3/c12-5-3-7-8(20-2-1-19-7)4-6(5)14-10(18)9-15-11(13)17-16-9/h3-4H,1-2H2,(H,14,18)(H3,13,15,16,17). The van der Waals surface area contributed by atoms with Crippen molar-refractivity contribution in [1.82, 2.24) is 15.2 Å². The number of H-pyrrole nitrogens is 1. The Morgan fingerprint density at radius 1 is 1.35 bits per heavy atom. The van der Waals surface area contributed by atoms with E-state index in [4.69, 9.17) is 26.8 Å². The van der Waals surface area contributed by atoms with Gasteiger partial charge < -0.3 is 20.5 Å². The number of hydrogen-bond donors (Lipinski definition) is 3. The van der Waals surface area contributed by atoms with Gasteiger partial charge >= 0.3 is 0 Å². The topological polar surface area (TPSA) is 115 Å². The van der Waals surface area contributed by atoms with Crippen LogP contribution in [0.3, 0.4) is 0 Å². The first kappa shape index (κ1) is 12.5. The Kier molecular flexibility index (Phi) is 3.07. The zero-order chi connectivity index (χ0) is 14.1. The van der Waals surface area contributed by atoms with Gasteiger partial charge in [0.2, 0.25) is 11.8 Å². The van der Waals surface area contributed by atoms with E-state index in [1.807, 2.05) is 0 Å². The van der Waals surface area contributed by atoms with Crippen LogP contribution in [0.1, 0.15) is 10.6 Å². The molecule has 4 N–H and O–H groups in total. The highest BCUT2D eigenvalue weighted by Gasteiger charge is 2.18. The molecule has 0 aliphatic carbocycles. The maximum atomic E-state index is 11.9. The van der Waals surface area contributed by atoms with Crippen LogP contribution in [0.5, 0.6) is 11.5 Å². The van der Waals surface area contributed by atoms with Crippen LogP contribution in [0.4, 0.5) is 11.6 Å². The van der Waals surface area contributed by atoms with E-state index in [2.05, 4.69) is 20.5 Å². The Labute approximate surface area is 118 Å². The molecular formula is C11H10ClN5O3. The maximum absolute atomic E-state index is 11.9. The van der Waals surface area contributed by atoms with E-state index in [0.717, 1.165) is 0 Å². The van der Waals surface area contributed by atoms with Crippen LogP contribution in [0, 0.1) is 0 Å². The summed E-state index contributed by atoms with van der Waals surface area (Å²) in [7, 11) is 0. The molecule has 0 spiro atoms. The number of aromatic amines is 1. The van der Waals surface area contributed by atoms with Crippen LogP contribution >= 0.6 is 11.6 Å². The van der Waals surface area contributed by atoms with Crippen molar-refractivity contribution in [1.29, 1.82) is 0 Å². The van der Waals surface area contributed by atoms with E-state index in [9.17, 15) is 4.79 Å². The van der Waals surface area contributed by atoms with Gasteiger partial charge in [-0.05, 0) is 0 Å². The number of benzene rings is 1. The largest absolute Gasteiger partial charge is 0.486 e. The van der Waals surface area contributed by atoms with Gasteiger partial charge in [0, 0.05) is 12.1 Å². The molecule has 0 fully saturated rings. The van der Waals surface area contributed by atoms with Crippen molar-refractivity contribution in [2.75, 3.05) is 24.3 Å². The molecule has 2 heterocycles. The molecule has 8 nitrogen and oxygen atoms in total. The number of ether oxygens (including phenoxy) is 2. The second-order valence-electron chi connectivity index (χ2n) is 3.97. The molecular weight excluding hydrogens is 286 g/mol. The monoisotopic (exact) mass is 295 g/mol. The quantitative estimate of drug-likeness (QED) is 0.763. The fraction of sp³-hybridized carbons (Fsp3) is 0.182. The van der Waals surface area contributed by atoms with Crippen molar-refractivity contribution in [3.8, 4) is 11.5 Å². The molecule has 0 saturated heterocycles. The lowest BCUT2D eigenvalue weighted by molar-refractivity contribution is 0.101. The Bertz CT molecular complexity index is 672. The molecule has 1 aliphatic heterocycles. The van der Waals surface area contributed by atoms with Crippen molar-refractivity contribution in [3.63, 3.8) is 0 Å². The summed E-state index contributed by atoms with van der Waals surface area (Å²) < 4.78 is 10.8. The van der Waals surface area contributed by atoms with Gasteiger partial charge in [0.25, 0.3) is 5.91 Å². The number of hydrogen-bond acceptors (Lipinski definition) is 6. The summed E-state index contributed by atoms with van der Waals surface area (Å²) >= 11 is 6.08. The van der Waals surface area contributed by atoms with Crippen LogP contribution in [0.15, 0.2) is 12.1 Å². The van der Waals surface area contributed by atoms with Crippen molar-refractivity contribution in [3.05, 3.63) is 23.0 Å². The first-order chi connectivity index (χ1) is 9.63. The number of carbonyl (C=O) groups excluding carboxylic acids is 1. The maximum Gasteiger partial charge on any atom is 0.293 e. The second-order valence-corrected chi connectivity index (χ2v) is 4.38. The summed E-state index contributed by atoms with van der Waals surface area (Å²) in [5.74, 6) is 0.542. The van der Waals surface area contributed by atoms with E-state index in [1.54, 1.807) is 12.1 Å². The molecule has 3 rings (SSSR count). The fourth-order valence-electron chi connectivity index (χ4n) is 1.72. The minimum Gasteiger partial charge on any atom is -0.486 e. The fourth-order valence-corrected chi connectivity index (χ4v) is 1.92. The summed E-state index contributed by atoms with van der Waals surface area (Å²) in [6.45, 7) is 0.910. The number of halogens is 1. The van der Waals surface area contributed by atoms with Crippen molar-refractivity contribution in [2.45, 2.75) is 0 Å². The summed E-state index contributed by atoms with van der Waals surface area (Å²) in [4.78, 5) is 15.6. The Morgan fingerprint density at radius 2 is 2.05 bits per heavy atom. The predicted octanol–water partition coefficient (Wildman–Crippen LogP) is 1.06. The summed E-state index contributed by atoms with van der Waals surface area (Å²) in [5, 5.41) is 8.91. The lowest BCUT2D eigenvalue weighted by Gasteiger charge is -2.19. The lowest BCUT2D eigenvalue weighted by atomic mass is 10.2. The highest BCUT2D eigenvalue weighted by Crippen LogP contribution is 2.37. The lowest BCUT2D eigenvalue weighted by Crippen LogP contribution is -2.17. The number of aromatic nitrogens is 3.